The fourth-order valence-electron chi connectivity index (χ4n) is 4.20. The highest BCUT2D eigenvalue weighted by Crippen LogP contribution is 2.43. The number of rotatable bonds is 5. The standard InChI is InChI=1S/C19H34N6.HI/c1-4-5-12-20-18(21-14-17-23-22-16(2)24(17)3)25-13-11-19(15-25)9-7-6-8-10-19;/h4-15H2,1-3H3,(H,20,21);1H. The minimum atomic E-state index is 0. The number of nitrogens with one attached hydrogen (secondary N) is 1. The zero-order chi connectivity index (χ0) is 17.7. The van der Waals surface area contributed by atoms with Gasteiger partial charge in [-0.05, 0) is 38.0 Å². The monoisotopic (exact) mass is 474 g/mol. The number of hydrogen-bond acceptors (Lipinski definition) is 3. The van der Waals surface area contributed by atoms with E-state index in [-0.39, 0.29) is 24.0 Å². The number of aryl methyl sites for hydroxylation is 1. The Hall–Kier alpha value is -0.860. The fourth-order valence-corrected chi connectivity index (χ4v) is 4.20. The van der Waals surface area contributed by atoms with Crippen LogP contribution in [-0.4, -0.2) is 45.3 Å². The molecule has 1 aliphatic carbocycles. The van der Waals surface area contributed by atoms with Crippen LogP contribution in [0.5, 0.6) is 0 Å². The number of halogens is 1. The van der Waals surface area contributed by atoms with E-state index in [0.717, 1.165) is 30.7 Å². The topological polar surface area (TPSA) is 58.3 Å². The van der Waals surface area contributed by atoms with Gasteiger partial charge in [0.05, 0.1) is 0 Å². The summed E-state index contributed by atoms with van der Waals surface area (Å²) in [6.07, 6.45) is 10.7. The number of hydrogen-bond donors (Lipinski definition) is 1. The molecule has 0 amide bonds. The van der Waals surface area contributed by atoms with Crippen molar-refractivity contribution in [1.82, 2.24) is 25.0 Å². The van der Waals surface area contributed by atoms with Crippen molar-refractivity contribution in [3.63, 3.8) is 0 Å². The lowest BCUT2D eigenvalue weighted by molar-refractivity contribution is 0.203. The predicted octanol–water partition coefficient (Wildman–Crippen LogP) is 3.64. The van der Waals surface area contributed by atoms with Gasteiger partial charge in [0.15, 0.2) is 11.8 Å². The Bertz CT molecular complexity index is 591. The molecule has 0 bridgehead atoms. The van der Waals surface area contributed by atoms with Crippen LogP contribution in [0.2, 0.25) is 0 Å². The lowest BCUT2D eigenvalue weighted by atomic mass is 9.73. The summed E-state index contributed by atoms with van der Waals surface area (Å²) in [4.78, 5) is 7.40. The van der Waals surface area contributed by atoms with Crippen LogP contribution in [0.25, 0.3) is 0 Å². The molecule has 2 heterocycles. The molecule has 3 rings (SSSR count). The van der Waals surface area contributed by atoms with Crippen molar-refractivity contribution in [2.24, 2.45) is 17.5 Å². The molecular formula is C19H35IN6. The molecule has 7 heteroatoms. The third-order valence-electron chi connectivity index (χ3n) is 6.02. The second-order valence-electron chi connectivity index (χ2n) is 7.87. The molecular weight excluding hydrogens is 439 g/mol. The molecule has 0 aromatic carbocycles. The van der Waals surface area contributed by atoms with Gasteiger partial charge < -0.3 is 14.8 Å². The van der Waals surface area contributed by atoms with Gasteiger partial charge in [-0.3, -0.25) is 0 Å². The van der Waals surface area contributed by atoms with Gasteiger partial charge in [-0.1, -0.05) is 32.6 Å². The molecule has 1 aromatic rings. The summed E-state index contributed by atoms with van der Waals surface area (Å²) in [6, 6.07) is 0. The lowest BCUT2D eigenvalue weighted by Crippen LogP contribution is -2.42. The van der Waals surface area contributed by atoms with Gasteiger partial charge in [0, 0.05) is 26.7 Å². The minimum absolute atomic E-state index is 0. The first kappa shape index (κ1) is 21.4. The summed E-state index contributed by atoms with van der Waals surface area (Å²) in [5.74, 6) is 2.93. The van der Waals surface area contributed by atoms with Crippen LogP contribution in [0, 0.1) is 12.3 Å². The zero-order valence-corrected chi connectivity index (χ0v) is 19.0. The fraction of sp³-hybridized carbons (Fsp3) is 0.842. The van der Waals surface area contributed by atoms with Gasteiger partial charge in [0.25, 0.3) is 0 Å². The highest BCUT2D eigenvalue weighted by Gasteiger charge is 2.39. The van der Waals surface area contributed by atoms with Crippen molar-refractivity contribution >= 4 is 29.9 Å². The highest BCUT2D eigenvalue weighted by molar-refractivity contribution is 14.0. The molecule has 1 N–H and O–H groups in total. The summed E-state index contributed by atoms with van der Waals surface area (Å²) in [7, 11) is 2.01. The molecule has 1 spiro atoms. The average molecular weight is 474 g/mol. The van der Waals surface area contributed by atoms with Crippen molar-refractivity contribution in [3.05, 3.63) is 11.6 Å². The van der Waals surface area contributed by atoms with Crippen LogP contribution in [0.1, 0.15) is 69.9 Å². The maximum Gasteiger partial charge on any atom is 0.194 e. The van der Waals surface area contributed by atoms with Gasteiger partial charge in [-0.2, -0.15) is 0 Å². The molecule has 148 valence electrons. The minimum Gasteiger partial charge on any atom is -0.356 e. The average Bonchev–Trinajstić information content (AvgIpc) is 3.17. The van der Waals surface area contributed by atoms with E-state index >= 15 is 0 Å². The van der Waals surface area contributed by atoms with Crippen LogP contribution in [0.4, 0.5) is 0 Å². The summed E-state index contributed by atoms with van der Waals surface area (Å²) in [5, 5.41) is 12.0. The molecule has 1 aliphatic heterocycles. The summed E-state index contributed by atoms with van der Waals surface area (Å²) < 4.78 is 2.03. The second-order valence-corrected chi connectivity index (χ2v) is 7.87. The Kier molecular flexibility index (Phi) is 8.16. The third kappa shape index (κ3) is 5.10. The SMILES string of the molecule is CCCCNC(=NCc1nnc(C)n1C)N1CCC2(CCCCC2)C1.I. The van der Waals surface area contributed by atoms with Crippen molar-refractivity contribution < 1.29 is 0 Å². The number of nitrogens with zero attached hydrogens (tertiary/aromatic N) is 5. The molecule has 1 aromatic heterocycles. The molecule has 6 nitrogen and oxygen atoms in total. The van der Waals surface area contributed by atoms with Crippen molar-refractivity contribution in [2.75, 3.05) is 19.6 Å². The molecule has 0 radical (unpaired) electrons. The maximum atomic E-state index is 4.91. The van der Waals surface area contributed by atoms with Crippen LogP contribution in [0.3, 0.4) is 0 Å². The Morgan fingerprint density at radius 1 is 1.19 bits per heavy atom. The van der Waals surface area contributed by atoms with Crippen LogP contribution in [0.15, 0.2) is 4.99 Å². The van der Waals surface area contributed by atoms with Crippen molar-refractivity contribution in [1.29, 1.82) is 0 Å². The van der Waals surface area contributed by atoms with Gasteiger partial charge >= 0.3 is 0 Å². The first-order chi connectivity index (χ1) is 12.1. The van der Waals surface area contributed by atoms with E-state index in [2.05, 4.69) is 27.3 Å². The number of likely N-dealkylation sites (tertiary alicyclic amines) is 1. The molecule has 2 fully saturated rings. The predicted molar refractivity (Wildman–Crippen MR) is 117 cm³/mol. The van der Waals surface area contributed by atoms with E-state index in [9.17, 15) is 0 Å². The van der Waals surface area contributed by atoms with Gasteiger partial charge in [-0.15, -0.1) is 34.2 Å². The first-order valence-electron chi connectivity index (χ1n) is 10.0. The lowest BCUT2D eigenvalue weighted by Gasteiger charge is -2.33. The van der Waals surface area contributed by atoms with Crippen LogP contribution < -0.4 is 5.32 Å². The van der Waals surface area contributed by atoms with Crippen LogP contribution >= 0.6 is 24.0 Å². The van der Waals surface area contributed by atoms with E-state index in [1.54, 1.807) is 0 Å². The van der Waals surface area contributed by atoms with Crippen molar-refractivity contribution in [3.8, 4) is 0 Å². The quantitative estimate of drug-likeness (QED) is 0.307. The molecule has 2 aliphatic rings. The molecule has 1 saturated carbocycles. The Labute approximate surface area is 175 Å². The van der Waals surface area contributed by atoms with E-state index < -0.39 is 0 Å². The molecule has 1 saturated heterocycles. The number of aromatic nitrogens is 3. The molecule has 26 heavy (non-hydrogen) atoms. The zero-order valence-electron chi connectivity index (χ0n) is 16.6. The molecule has 0 unspecified atom stereocenters. The van der Waals surface area contributed by atoms with E-state index in [4.69, 9.17) is 4.99 Å². The molecule has 0 atom stereocenters. The largest absolute Gasteiger partial charge is 0.356 e. The second kappa shape index (κ2) is 9.90. The Balaban J connectivity index is 0.00000243. The number of aliphatic imine (C=N–C) groups is 1. The van der Waals surface area contributed by atoms with Gasteiger partial charge in [0.1, 0.15) is 12.4 Å². The summed E-state index contributed by atoms with van der Waals surface area (Å²) in [6.45, 7) is 8.10. The van der Waals surface area contributed by atoms with E-state index in [1.807, 2.05) is 18.5 Å². The smallest absolute Gasteiger partial charge is 0.194 e. The van der Waals surface area contributed by atoms with Crippen molar-refractivity contribution in [2.45, 2.75) is 71.8 Å². The highest BCUT2D eigenvalue weighted by atomic mass is 127. The first-order valence-corrected chi connectivity index (χ1v) is 10.0. The van der Waals surface area contributed by atoms with E-state index in [1.165, 1.54) is 57.9 Å². The van der Waals surface area contributed by atoms with Crippen LogP contribution in [-0.2, 0) is 13.6 Å². The normalized spacial score (nSPS) is 19.7. The summed E-state index contributed by atoms with van der Waals surface area (Å²) in [5.41, 5.74) is 0.548. The summed E-state index contributed by atoms with van der Waals surface area (Å²) >= 11 is 0. The maximum absolute atomic E-state index is 4.91. The Morgan fingerprint density at radius 3 is 2.62 bits per heavy atom. The van der Waals surface area contributed by atoms with Gasteiger partial charge in [0.2, 0.25) is 0 Å². The Morgan fingerprint density at radius 2 is 1.96 bits per heavy atom. The number of unbranched alkanes of at least 4 members (excludes halogenated alkanes) is 1. The van der Waals surface area contributed by atoms with Gasteiger partial charge in [-0.25, -0.2) is 4.99 Å². The number of guanidine groups is 1. The van der Waals surface area contributed by atoms with E-state index in [0.29, 0.717) is 12.0 Å². The third-order valence-corrected chi connectivity index (χ3v) is 6.02.